The van der Waals surface area contributed by atoms with Crippen molar-refractivity contribution in [2.75, 3.05) is 12.4 Å². The number of methoxy groups -OCH3 is 1. The fraction of sp³-hybridized carbons (Fsp3) is 0.192. The Morgan fingerprint density at radius 2 is 1.81 bits per heavy atom. The molecule has 0 aliphatic heterocycles. The van der Waals surface area contributed by atoms with Crippen molar-refractivity contribution in [1.29, 1.82) is 0 Å². The van der Waals surface area contributed by atoms with Gasteiger partial charge in [-0.2, -0.15) is 0 Å². The van der Waals surface area contributed by atoms with Gasteiger partial charge in [-0.1, -0.05) is 43.0 Å². The Morgan fingerprint density at radius 1 is 1.05 bits per heavy atom. The average molecular weight is 519 g/mol. The van der Waals surface area contributed by atoms with E-state index in [2.05, 4.69) is 27.8 Å². The van der Waals surface area contributed by atoms with Crippen LogP contribution in [0, 0.1) is 10.1 Å². The van der Waals surface area contributed by atoms with Gasteiger partial charge in [0.1, 0.15) is 5.75 Å². The lowest BCUT2D eigenvalue weighted by Crippen LogP contribution is -2.29. The molecule has 0 aliphatic carbocycles. The molecule has 1 heterocycles. The first-order valence-electron chi connectivity index (χ1n) is 11.6. The molecule has 10 nitrogen and oxygen atoms in total. The lowest BCUT2D eigenvalue weighted by molar-refractivity contribution is -0.384. The van der Waals surface area contributed by atoms with Crippen molar-refractivity contribution in [2.45, 2.75) is 30.8 Å². The topological polar surface area (TPSA) is 124 Å². The molecule has 0 atom stereocenters. The Labute approximate surface area is 218 Å². The summed E-state index contributed by atoms with van der Waals surface area (Å²) in [5.74, 6) is 1.85. The molecular weight excluding hydrogens is 492 g/mol. The molecule has 4 aromatic rings. The molecule has 0 saturated carbocycles. The van der Waals surface area contributed by atoms with E-state index < -0.39 is 4.92 Å². The number of amides is 2. The number of carbonyl (C=O) groups excluding carboxylic acids is 1. The number of benzene rings is 3. The van der Waals surface area contributed by atoms with Crippen LogP contribution in [-0.2, 0) is 18.7 Å². The second-order valence-corrected chi connectivity index (χ2v) is 8.95. The van der Waals surface area contributed by atoms with E-state index in [0.29, 0.717) is 28.1 Å². The number of thioether (sulfide) groups is 1. The van der Waals surface area contributed by atoms with Gasteiger partial charge in [0.2, 0.25) is 0 Å². The Morgan fingerprint density at radius 3 is 2.49 bits per heavy atom. The van der Waals surface area contributed by atoms with E-state index in [1.807, 2.05) is 48.5 Å². The summed E-state index contributed by atoms with van der Waals surface area (Å²) in [6.45, 7) is 2.17. The molecular formula is C26H26N6O4S. The Hall–Kier alpha value is -4.38. The number of urea groups is 1. The monoisotopic (exact) mass is 518 g/mol. The average Bonchev–Trinajstić information content (AvgIpc) is 3.34. The van der Waals surface area contributed by atoms with Crippen LogP contribution in [0.5, 0.6) is 5.75 Å². The number of hydrogen-bond donors (Lipinski definition) is 2. The smallest absolute Gasteiger partial charge is 0.319 e. The summed E-state index contributed by atoms with van der Waals surface area (Å²) in [7, 11) is 1.62. The van der Waals surface area contributed by atoms with Crippen molar-refractivity contribution >= 4 is 29.2 Å². The van der Waals surface area contributed by atoms with Gasteiger partial charge < -0.3 is 15.4 Å². The number of aromatic nitrogens is 3. The summed E-state index contributed by atoms with van der Waals surface area (Å²) < 4.78 is 7.08. The van der Waals surface area contributed by atoms with Crippen molar-refractivity contribution in [2.24, 2.45) is 0 Å². The Kier molecular flexibility index (Phi) is 8.37. The van der Waals surface area contributed by atoms with Crippen LogP contribution in [-0.4, -0.2) is 32.8 Å². The number of non-ortho nitro benzene ring substituents is 1. The number of anilines is 1. The molecule has 0 aliphatic rings. The molecule has 0 radical (unpaired) electrons. The van der Waals surface area contributed by atoms with E-state index in [1.54, 1.807) is 23.8 Å². The minimum atomic E-state index is -0.450. The van der Waals surface area contributed by atoms with E-state index in [0.717, 1.165) is 17.7 Å². The van der Waals surface area contributed by atoms with Gasteiger partial charge in [0, 0.05) is 29.3 Å². The largest absolute Gasteiger partial charge is 0.497 e. The van der Waals surface area contributed by atoms with Crippen molar-refractivity contribution in [1.82, 2.24) is 20.1 Å². The lowest BCUT2D eigenvalue weighted by Gasteiger charge is -2.12. The summed E-state index contributed by atoms with van der Waals surface area (Å²) >= 11 is 1.46. The van der Waals surface area contributed by atoms with Crippen LogP contribution in [0.25, 0.3) is 5.69 Å². The van der Waals surface area contributed by atoms with Gasteiger partial charge in [0.25, 0.3) is 5.69 Å². The first kappa shape index (κ1) is 25.7. The standard InChI is InChI=1S/C26H26N6O4S/c1-3-18-7-9-20(10-8-18)28-25(33)27-16-24-29-30-26(37-17-19-5-4-6-23(15-19)36-2)31(24)21-11-13-22(14-12-21)32(34)35/h4-15H,3,16-17H2,1-2H3,(H2,27,28,33). The molecule has 2 amide bonds. The van der Waals surface area contributed by atoms with Crippen molar-refractivity contribution in [3.05, 3.63) is 99.9 Å². The highest BCUT2D eigenvalue weighted by Crippen LogP contribution is 2.27. The number of hydrogen-bond acceptors (Lipinski definition) is 7. The Balaban J connectivity index is 1.52. The van der Waals surface area contributed by atoms with Crippen LogP contribution in [0.15, 0.2) is 78.0 Å². The molecule has 2 N–H and O–H groups in total. The highest BCUT2D eigenvalue weighted by molar-refractivity contribution is 7.98. The van der Waals surface area contributed by atoms with Gasteiger partial charge in [-0.15, -0.1) is 10.2 Å². The summed E-state index contributed by atoms with van der Waals surface area (Å²) in [6, 6.07) is 21.1. The predicted octanol–water partition coefficient (Wildman–Crippen LogP) is 5.36. The molecule has 0 unspecified atom stereocenters. The normalized spacial score (nSPS) is 10.6. The molecule has 0 spiro atoms. The van der Waals surface area contributed by atoms with Gasteiger partial charge in [-0.3, -0.25) is 14.7 Å². The fourth-order valence-electron chi connectivity index (χ4n) is 3.56. The molecule has 11 heteroatoms. The lowest BCUT2D eigenvalue weighted by atomic mass is 10.1. The van der Waals surface area contributed by atoms with Crippen molar-refractivity contribution in [3.8, 4) is 11.4 Å². The van der Waals surface area contributed by atoms with E-state index in [4.69, 9.17) is 4.74 Å². The second kappa shape index (κ2) is 12.0. The van der Waals surface area contributed by atoms with Crippen LogP contribution in [0.2, 0.25) is 0 Å². The molecule has 4 rings (SSSR count). The molecule has 1 aromatic heterocycles. The first-order valence-corrected chi connectivity index (χ1v) is 12.5. The molecule has 0 fully saturated rings. The van der Waals surface area contributed by atoms with Crippen LogP contribution in [0.3, 0.4) is 0 Å². The maximum absolute atomic E-state index is 12.5. The summed E-state index contributed by atoms with van der Waals surface area (Å²) in [6.07, 6.45) is 0.920. The summed E-state index contributed by atoms with van der Waals surface area (Å²) in [5.41, 5.74) is 3.53. The van der Waals surface area contributed by atoms with Gasteiger partial charge in [-0.25, -0.2) is 4.79 Å². The van der Waals surface area contributed by atoms with E-state index in [1.165, 1.54) is 29.5 Å². The number of nitrogens with zero attached hydrogens (tertiary/aromatic N) is 4. The zero-order valence-corrected chi connectivity index (χ0v) is 21.2. The predicted molar refractivity (Wildman–Crippen MR) is 142 cm³/mol. The minimum Gasteiger partial charge on any atom is -0.497 e. The third-order valence-electron chi connectivity index (χ3n) is 5.55. The zero-order valence-electron chi connectivity index (χ0n) is 20.4. The zero-order chi connectivity index (χ0) is 26.2. The van der Waals surface area contributed by atoms with Gasteiger partial charge in [-0.05, 0) is 53.9 Å². The van der Waals surface area contributed by atoms with Gasteiger partial charge >= 0.3 is 6.03 Å². The third-order valence-corrected chi connectivity index (χ3v) is 6.55. The van der Waals surface area contributed by atoms with Gasteiger partial charge in [0.05, 0.1) is 18.6 Å². The molecule has 37 heavy (non-hydrogen) atoms. The van der Waals surface area contributed by atoms with Crippen LogP contribution in [0.1, 0.15) is 23.9 Å². The number of aryl methyl sites for hydroxylation is 1. The van der Waals surface area contributed by atoms with Crippen LogP contribution in [0.4, 0.5) is 16.2 Å². The molecule has 0 saturated heterocycles. The summed E-state index contributed by atoms with van der Waals surface area (Å²) in [4.78, 5) is 23.2. The number of rotatable bonds is 10. The van der Waals surface area contributed by atoms with Crippen molar-refractivity contribution < 1.29 is 14.5 Å². The number of carbonyl (C=O) groups is 1. The van der Waals surface area contributed by atoms with Gasteiger partial charge in [0.15, 0.2) is 11.0 Å². The molecule has 190 valence electrons. The van der Waals surface area contributed by atoms with Crippen molar-refractivity contribution in [3.63, 3.8) is 0 Å². The van der Waals surface area contributed by atoms with E-state index >= 15 is 0 Å². The number of ether oxygens (including phenoxy) is 1. The second-order valence-electron chi connectivity index (χ2n) is 8.01. The highest BCUT2D eigenvalue weighted by atomic mass is 32.2. The first-order chi connectivity index (χ1) is 18.0. The quantitative estimate of drug-likeness (QED) is 0.164. The number of nitrogens with one attached hydrogen (secondary N) is 2. The third kappa shape index (κ3) is 6.64. The maximum atomic E-state index is 12.5. The van der Waals surface area contributed by atoms with Crippen LogP contribution < -0.4 is 15.4 Å². The SMILES string of the molecule is CCc1ccc(NC(=O)NCc2nnc(SCc3cccc(OC)c3)n2-c2ccc([N+](=O)[O-])cc2)cc1. The van der Waals surface area contributed by atoms with E-state index in [-0.39, 0.29) is 18.3 Å². The Bertz CT molecular complexity index is 1370. The fourth-order valence-corrected chi connectivity index (χ4v) is 4.47. The van der Waals surface area contributed by atoms with Crippen LogP contribution >= 0.6 is 11.8 Å². The molecule has 3 aromatic carbocycles. The maximum Gasteiger partial charge on any atom is 0.319 e. The number of nitro groups is 1. The number of nitro benzene ring substituents is 1. The highest BCUT2D eigenvalue weighted by Gasteiger charge is 2.17. The van der Waals surface area contributed by atoms with E-state index in [9.17, 15) is 14.9 Å². The summed E-state index contributed by atoms with van der Waals surface area (Å²) in [5, 5.41) is 25.9. The minimum absolute atomic E-state index is 0.0180. The molecule has 0 bridgehead atoms.